The minimum Gasteiger partial charge on any atom is -0.376 e. The first kappa shape index (κ1) is 13.5. The van der Waals surface area contributed by atoms with E-state index in [1.807, 2.05) is 32.9 Å². The van der Waals surface area contributed by atoms with E-state index < -0.39 is 11.6 Å². The van der Waals surface area contributed by atoms with Gasteiger partial charge in [0.15, 0.2) is 0 Å². The third kappa shape index (κ3) is 3.11. The molecule has 0 saturated heterocycles. The second kappa shape index (κ2) is 5.39. The molecule has 0 aliphatic rings. The van der Waals surface area contributed by atoms with Crippen molar-refractivity contribution in [3.63, 3.8) is 0 Å². The molecule has 0 spiro atoms. The largest absolute Gasteiger partial charge is 0.376 e. The Labute approximate surface area is 112 Å². The molecule has 1 N–H and O–H groups in total. The van der Waals surface area contributed by atoms with Gasteiger partial charge < -0.3 is 5.32 Å². The van der Waals surface area contributed by atoms with E-state index in [1.165, 1.54) is 17.2 Å². The lowest BCUT2D eigenvalue weighted by Crippen LogP contribution is -2.08. The van der Waals surface area contributed by atoms with Crippen LogP contribution in [0, 0.1) is 25.5 Å². The quantitative estimate of drug-likeness (QED) is 0.840. The van der Waals surface area contributed by atoms with Gasteiger partial charge >= 0.3 is 0 Å². The molecule has 2 aromatic carbocycles. The number of anilines is 1. The Balaban J connectivity index is 2.22. The molecule has 3 heteroatoms. The second-order valence-electron chi connectivity index (χ2n) is 4.83. The van der Waals surface area contributed by atoms with Crippen LogP contribution in [0.5, 0.6) is 0 Å². The van der Waals surface area contributed by atoms with Crippen LogP contribution in [-0.4, -0.2) is 0 Å². The van der Waals surface area contributed by atoms with Crippen LogP contribution in [0.1, 0.15) is 29.7 Å². The number of halogens is 2. The zero-order chi connectivity index (χ0) is 14.0. The fourth-order valence-corrected chi connectivity index (χ4v) is 1.96. The SMILES string of the molecule is Cc1ccc(C(C)Nc2cc(F)ccc2F)cc1C. The summed E-state index contributed by atoms with van der Waals surface area (Å²) in [4.78, 5) is 0. The molecule has 0 aliphatic heterocycles. The topological polar surface area (TPSA) is 12.0 Å². The Morgan fingerprint density at radius 3 is 2.37 bits per heavy atom. The van der Waals surface area contributed by atoms with Gasteiger partial charge in [0, 0.05) is 6.04 Å². The van der Waals surface area contributed by atoms with E-state index >= 15 is 0 Å². The highest BCUT2D eigenvalue weighted by Crippen LogP contribution is 2.23. The van der Waals surface area contributed by atoms with Gasteiger partial charge in [0.05, 0.1) is 5.69 Å². The third-order valence-corrected chi connectivity index (χ3v) is 3.33. The molecule has 1 nitrogen and oxygen atoms in total. The summed E-state index contributed by atoms with van der Waals surface area (Å²) in [5, 5.41) is 3.00. The normalized spacial score (nSPS) is 12.3. The van der Waals surface area contributed by atoms with Crippen LogP contribution in [0.25, 0.3) is 0 Å². The summed E-state index contributed by atoms with van der Waals surface area (Å²) < 4.78 is 26.7. The van der Waals surface area contributed by atoms with Gasteiger partial charge in [-0.15, -0.1) is 0 Å². The van der Waals surface area contributed by atoms with E-state index in [2.05, 4.69) is 11.4 Å². The van der Waals surface area contributed by atoms with E-state index in [0.29, 0.717) is 0 Å². The van der Waals surface area contributed by atoms with Gasteiger partial charge in [-0.1, -0.05) is 18.2 Å². The van der Waals surface area contributed by atoms with Crippen molar-refractivity contribution in [1.29, 1.82) is 0 Å². The monoisotopic (exact) mass is 261 g/mol. The minimum atomic E-state index is -0.448. The van der Waals surface area contributed by atoms with Crippen molar-refractivity contribution in [2.45, 2.75) is 26.8 Å². The maximum Gasteiger partial charge on any atom is 0.146 e. The molecular weight excluding hydrogens is 244 g/mol. The molecule has 0 bridgehead atoms. The van der Waals surface area contributed by atoms with E-state index in [9.17, 15) is 8.78 Å². The molecule has 0 aliphatic carbocycles. The molecule has 0 aromatic heterocycles. The number of aryl methyl sites for hydroxylation is 2. The number of benzene rings is 2. The summed E-state index contributed by atoms with van der Waals surface area (Å²) in [5.41, 5.74) is 3.64. The molecule has 0 radical (unpaired) electrons. The van der Waals surface area contributed by atoms with Crippen LogP contribution in [0.3, 0.4) is 0 Å². The molecule has 2 aromatic rings. The summed E-state index contributed by atoms with van der Waals surface area (Å²) in [5.74, 6) is -0.895. The maximum absolute atomic E-state index is 13.6. The van der Waals surface area contributed by atoms with Crippen molar-refractivity contribution in [2.24, 2.45) is 0 Å². The highest BCUT2D eigenvalue weighted by atomic mass is 19.1. The van der Waals surface area contributed by atoms with Crippen molar-refractivity contribution >= 4 is 5.69 Å². The maximum atomic E-state index is 13.6. The van der Waals surface area contributed by atoms with Gasteiger partial charge in [-0.25, -0.2) is 8.78 Å². The van der Waals surface area contributed by atoms with Gasteiger partial charge in [-0.05, 0) is 55.7 Å². The third-order valence-electron chi connectivity index (χ3n) is 3.33. The van der Waals surface area contributed by atoms with E-state index in [4.69, 9.17) is 0 Å². The summed E-state index contributed by atoms with van der Waals surface area (Å²) >= 11 is 0. The first-order valence-corrected chi connectivity index (χ1v) is 6.26. The Hall–Kier alpha value is -1.90. The zero-order valence-corrected chi connectivity index (χ0v) is 11.3. The van der Waals surface area contributed by atoms with Crippen molar-refractivity contribution in [3.8, 4) is 0 Å². The smallest absolute Gasteiger partial charge is 0.146 e. The Bertz CT molecular complexity index is 593. The Kier molecular flexibility index (Phi) is 3.84. The summed E-state index contributed by atoms with van der Waals surface area (Å²) in [6.45, 7) is 6.01. The van der Waals surface area contributed by atoms with Crippen molar-refractivity contribution < 1.29 is 8.78 Å². The Morgan fingerprint density at radius 2 is 1.68 bits per heavy atom. The molecule has 0 saturated carbocycles. The predicted octanol–water partition coefficient (Wildman–Crippen LogP) is 4.75. The van der Waals surface area contributed by atoms with Gasteiger partial charge in [0.1, 0.15) is 11.6 Å². The molecule has 19 heavy (non-hydrogen) atoms. The average molecular weight is 261 g/mol. The molecule has 0 fully saturated rings. The fraction of sp³-hybridized carbons (Fsp3) is 0.250. The number of nitrogens with one attached hydrogen (secondary N) is 1. The molecule has 0 heterocycles. The first-order valence-electron chi connectivity index (χ1n) is 6.26. The van der Waals surface area contributed by atoms with Gasteiger partial charge in [-0.3, -0.25) is 0 Å². The lowest BCUT2D eigenvalue weighted by Gasteiger charge is -2.17. The molecule has 100 valence electrons. The first-order chi connectivity index (χ1) is 8.97. The van der Waals surface area contributed by atoms with Crippen molar-refractivity contribution in [2.75, 3.05) is 5.32 Å². The number of rotatable bonds is 3. The Morgan fingerprint density at radius 1 is 0.947 bits per heavy atom. The predicted molar refractivity (Wildman–Crippen MR) is 74.3 cm³/mol. The van der Waals surface area contributed by atoms with Crippen LogP contribution >= 0.6 is 0 Å². The zero-order valence-electron chi connectivity index (χ0n) is 11.3. The summed E-state index contributed by atoms with van der Waals surface area (Å²) in [7, 11) is 0. The van der Waals surface area contributed by atoms with Gasteiger partial charge in [-0.2, -0.15) is 0 Å². The van der Waals surface area contributed by atoms with Crippen molar-refractivity contribution in [3.05, 3.63) is 64.7 Å². The highest BCUT2D eigenvalue weighted by molar-refractivity contribution is 5.47. The standard InChI is InChI=1S/C16H17F2N/c1-10-4-5-13(8-11(10)2)12(3)19-16-9-14(17)6-7-15(16)18/h4-9,12,19H,1-3H3. The molecule has 1 atom stereocenters. The van der Waals surface area contributed by atoms with Crippen LogP contribution < -0.4 is 5.32 Å². The average Bonchev–Trinajstić information content (AvgIpc) is 2.37. The number of hydrogen-bond acceptors (Lipinski definition) is 1. The van der Waals surface area contributed by atoms with Crippen LogP contribution in [0.15, 0.2) is 36.4 Å². The van der Waals surface area contributed by atoms with E-state index in [1.54, 1.807) is 0 Å². The molecule has 2 rings (SSSR count). The van der Waals surface area contributed by atoms with Crippen LogP contribution in [-0.2, 0) is 0 Å². The fourth-order valence-electron chi connectivity index (χ4n) is 1.96. The van der Waals surface area contributed by atoms with Gasteiger partial charge in [0.2, 0.25) is 0 Å². The van der Waals surface area contributed by atoms with Gasteiger partial charge in [0.25, 0.3) is 0 Å². The lowest BCUT2D eigenvalue weighted by molar-refractivity contribution is 0.600. The molecule has 1 unspecified atom stereocenters. The second-order valence-corrected chi connectivity index (χ2v) is 4.83. The molecular formula is C16H17F2N. The van der Waals surface area contributed by atoms with Crippen molar-refractivity contribution in [1.82, 2.24) is 0 Å². The summed E-state index contributed by atoms with van der Waals surface area (Å²) in [6.07, 6.45) is 0. The van der Waals surface area contributed by atoms with Crippen LogP contribution in [0.2, 0.25) is 0 Å². The van der Waals surface area contributed by atoms with E-state index in [-0.39, 0.29) is 11.7 Å². The molecule has 0 amide bonds. The lowest BCUT2D eigenvalue weighted by atomic mass is 10.0. The van der Waals surface area contributed by atoms with Crippen LogP contribution in [0.4, 0.5) is 14.5 Å². The minimum absolute atomic E-state index is 0.0874. The summed E-state index contributed by atoms with van der Waals surface area (Å²) in [6, 6.07) is 9.42. The highest BCUT2D eigenvalue weighted by Gasteiger charge is 2.10. The number of hydrogen-bond donors (Lipinski definition) is 1. The van der Waals surface area contributed by atoms with E-state index in [0.717, 1.165) is 17.7 Å².